The van der Waals surface area contributed by atoms with Gasteiger partial charge in [0, 0.05) is 38.6 Å². The molecule has 0 aliphatic carbocycles. The molecule has 1 aromatic carbocycles. The number of amides is 1. The Kier molecular flexibility index (Phi) is 5.36. The summed E-state index contributed by atoms with van der Waals surface area (Å²) in [6, 6.07) is 11.2. The topological polar surface area (TPSA) is 102 Å². The van der Waals surface area contributed by atoms with E-state index in [1.54, 1.807) is 23.4 Å². The Morgan fingerprint density at radius 2 is 1.75 bits per heavy atom. The minimum atomic E-state index is -0.0402. The minimum absolute atomic E-state index is 0.0402. The first kappa shape index (κ1) is 17.8. The van der Waals surface area contributed by atoms with Crippen molar-refractivity contribution in [2.75, 3.05) is 31.1 Å². The number of piperazine rings is 1. The largest absolute Gasteiger partial charge is 0.485 e. The lowest BCUT2D eigenvalue weighted by atomic mass is 10.3. The van der Waals surface area contributed by atoms with Crippen molar-refractivity contribution < 1.29 is 9.53 Å². The predicted molar refractivity (Wildman–Crippen MR) is 99.4 cm³/mol. The monoisotopic (exact) mass is 380 g/mol. The number of para-hydroxylation sites is 1. The van der Waals surface area contributed by atoms with Crippen molar-refractivity contribution >= 4 is 11.9 Å². The molecule has 10 nitrogen and oxygen atoms in total. The van der Waals surface area contributed by atoms with Gasteiger partial charge in [-0.1, -0.05) is 18.2 Å². The normalized spacial score (nSPS) is 14.1. The summed E-state index contributed by atoms with van der Waals surface area (Å²) in [6.07, 6.45) is 3.44. The van der Waals surface area contributed by atoms with Crippen LogP contribution in [-0.4, -0.2) is 67.2 Å². The van der Waals surface area contributed by atoms with E-state index in [1.807, 2.05) is 30.3 Å². The maximum Gasteiger partial charge on any atom is 0.246 e. The number of carbonyl (C=O) groups is 1. The molecule has 10 heteroatoms. The Hall–Kier alpha value is -3.56. The Labute approximate surface area is 161 Å². The Morgan fingerprint density at radius 1 is 1.00 bits per heavy atom. The summed E-state index contributed by atoms with van der Waals surface area (Å²) in [5.41, 5.74) is 0. The summed E-state index contributed by atoms with van der Waals surface area (Å²) in [5, 5.41) is 12.1. The van der Waals surface area contributed by atoms with Crippen LogP contribution in [0.5, 0.6) is 5.75 Å². The molecule has 0 bridgehead atoms. The molecule has 2 aromatic heterocycles. The van der Waals surface area contributed by atoms with E-state index in [9.17, 15) is 4.79 Å². The Morgan fingerprint density at radius 3 is 2.50 bits per heavy atom. The molecular formula is C18H20N8O2. The van der Waals surface area contributed by atoms with E-state index in [2.05, 4.69) is 30.3 Å². The summed E-state index contributed by atoms with van der Waals surface area (Å²) in [7, 11) is 0. The van der Waals surface area contributed by atoms with Crippen LogP contribution in [0.2, 0.25) is 0 Å². The van der Waals surface area contributed by atoms with Crippen molar-refractivity contribution in [1.82, 2.24) is 35.1 Å². The summed E-state index contributed by atoms with van der Waals surface area (Å²) in [4.78, 5) is 26.2. The number of carbonyl (C=O) groups excluding carboxylic acids is 1. The van der Waals surface area contributed by atoms with Gasteiger partial charge < -0.3 is 14.5 Å². The maximum atomic E-state index is 12.5. The van der Waals surface area contributed by atoms with E-state index in [4.69, 9.17) is 4.74 Å². The van der Waals surface area contributed by atoms with Crippen LogP contribution in [0.25, 0.3) is 0 Å². The van der Waals surface area contributed by atoms with Crippen LogP contribution in [0.1, 0.15) is 5.82 Å². The van der Waals surface area contributed by atoms with Gasteiger partial charge in [0.2, 0.25) is 17.7 Å². The quantitative estimate of drug-likeness (QED) is 0.605. The van der Waals surface area contributed by atoms with Gasteiger partial charge in [0.25, 0.3) is 0 Å². The fraction of sp³-hybridized carbons (Fsp3) is 0.333. The lowest BCUT2D eigenvalue weighted by Crippen LogP contribution is -2.50. The van der Waals surface area contributed by atoms with Crippen molar-refractivity contribution in [3.8, 4) is 5.75 Å². The van der Waals surface area contributed by atoms with Crippen molar-refractivity contribution in [3.63, 3.8) is 0 Å². The van der Waals surface area contributed by atoms with Gasteiger partial charge in [0.15, 0.2) is 6.61 Å². The number of nitrogens with zero attached hydrogens (tertiary/aromatic N) is 8. The summed E-state index contributed by atoms with van der Waals surface area (Å²) in [5.74, 6) is 1.81. The second-order valence-corrected chi connectivity index (χ2v) is 6.25. The van der Waals surface area contributed by atoms with Gasteiger partial charge in [0.05, 0.1) is 0 Å². The fourth-order valence-corrected chi connectivity index (χ4v) is 2.90. The van der Waals surface area contributed by atoms with Crippen molar-refractivity contribution in [2.45, 2.75) is 13.2 Å². The van der Waals surface area contributed by atoms with E-state index >= 15 is 0 Å². The first-order valence-electron chi connectivity index (χ1n) is 9.02. The maximum absolute atomic E-state index is 12.5. The van der Waals surface area contributed by atoms with Gasteiger partial charge in [0.1, 0.15) is 12.3 Å². The average Bonchev–Trinajstić information content (AvgIpc) is 3.21. The van der Waals surface area contributed by atoms with Crippen LogP contribution in [-0.2, 0) is 17.9 Å². The average molecular weight is 380 g/mol. The van der Waals surface area contributed by atoms with Crippen LogP contribution in [0.3, 0.4) is 0 Å². The lowest BCUT2D eigenvalue weighted by Gasteiger charge is -2.34. The molecule has 1 aliphatic heterocycles. The van der Waals surface area contributed by atoms with Crippen LogP contribution in [0.15, 0.2) is 48.8 Å². The third kappa shape index (κ3) is 4.40. The first-order chi connectivity index (χ1) is 13.8. The zero-order valence-corrected chi connectivity index (χ0v) is 15.3. The molecule has 1 fully saturated rings. The molecule has 1 saturated heterocycles. The Bertz CT molecular complexity index is 894. The molecular weight excluding hydrogens is 360 g/mol. The molecule has 1 aliphatic rings. The molecule has 0 atom stereocenters. The van der Waals surface area contributed by atoms with Crippen molar-refractivity contribution in [2.24, 2.45) is 0 Å². The summed E-state index contributed by atoms with van der Waals surface area (Å²) >= 11 is 0. The molecule has 1 amide bonds. The van der Waals surface area contributed by atoms with E-state index in [0.29, 0.717) is 38.0 Å². The highest BCUT2D eigenvalue weighted by atomic mass is 16.5. The third-order valence-corrected chi connectivity index (χ3v) is 4.35. The van der Waals surface area contributed by atoms with Gasteiger partial charge >= 0.3 is 0 Å². The molecule has 0 saturated carbocycles. The third-order valence-electron chi connectivity index (χ3n) is 4.35. The molecule has 0 spiro atoms. The molecule has 3 aromatic rings. The molecule has 28 heavy (non-hydrogen) atoms. The molecule has 3 heterocycles. The van der Waals surface area contributed by atoms with Gasteiger partial charge in [-0.25, -0.2) is 9.97 Å². The number of rotatable bonds is 6. The standard InChI is InChI=1S/C18H20N8O2/c27-17(24-9-11-25(12-10-24)18-19-7-4-8-20-18)13-26-22-16(21-23-26)14-28-15-5-2-1-3-6-15/h1-8H,9-14H2. The van der Waals surface area contributed by atoms with Crippen LogP contribution in [0.4, 0.5) is 5.95 Å². The zero-order valence-electron chi connectivity index (χ0n) is 15.3. The van der Waals surface area contributed by atoms with Gasteiger partial charge in [-0.15, -0.1) is 10.2 Å². The number of hydrogen-bond donors (Lipinski definition) is 0. The van der Waals surface area contributed by atoms with Crippen LogP contribution >= 0.6 is 0 Å². The van der Waals surface area contributed by atoms with E-state index < -0.39 is 0 Å². The molecule has 0 unspecified atom stereocenters. The number of aromatic nitrogens is 6. The number of ether oxygens (including phenoxy) is 1. The second-order valence-electron chi connectivity index (χ2n) is 6.25. The number of tetrazole rings is 1. The van der Waals surface area contributed by atoms with E-state index in [0.717, 1.165) is 5.75 Å². The number of hydrogen-bond acceptors (Lipinski definition) is 8. The molecule has 0 radical (unpaired) electrons. The number of benzene rings is 1. The zero-order chi connectivity index (χ0) is 19.2. The fourth-order valence-electron chi connectivity index (χ4n) is 2.90. The van der Waals surface area contributed by atoms with Crippen molar-refractivity contribution in [3.05, 3.63) is 54.6 Å². The highest BCUT2D eigenvalue weighted by molar-refractivity contribution is 5.76. The lowest BCUT2D eigenvalue weighted by molar-refractivity contribution is -0.132. The highest BCUT2D eigenvalue weighted by Gasteiger charge is 2.23. The smallest absolute Gasteiger partial charge is 0.246 e. The van der Waals surface area contributed by atoms with Crippen LogP contribution < -0.4 is 9.64 Å². The highest BCUT2D eigenvalue weighted by Crippen LogP contribution is 2.11. The molecule has 0 N–H and O–H groups in total. The van der Waals surface area contributed by atoms with Gasteiger partial charge in [-0.3, -0.25) is 4.79 Å². The van der Waals surface area contributed by atoms with Crippen molar-refractivity contribution in [1.29, 1.82) is 0 Å². The SMILES string of the molecule is O=C(Cn1nnc(COc2ccccc2)n1)N1CCN(c2ncccn2)CC1. The minimum Gasteiger partial charge on any atom is -0.485 e. The van der Waals surface area contributed by atoms with E-state index in [1.165, 1.54) is 4.80 Å². The summed E-state index contributed by atoms with van der Waals surface area (Å²) < 4.78 is 5.59. The second kappa shape index (κ2) is 8.42. The number of anilines is 1. The first-order valence-corrected chi connectivity index (χ1v) is 9.02. The molecule has 144 valence electrons. The van der Waals surface area contributed by atoms with E-state index in [-0.39, 0.29) is 19.1 Å². The van der Waals surface area contributed by atoms with Crippen LogP contribution in [0, 0.1) is 0 Å². The predicted octanol–water partition coefficient (Wildman–Crippen LogP) is 0.391. The molecule has 4 rings (SSSR count). The van der Waals surface area contributed by atoms with Gasteiger partial charge in [-0.2, -0.15) is 4.80 Å². The van der Waals surface area contributed by atoms with Gasteiger partial charge in [-0.05, 0) is 23.4 Å². The Balaban J connectivity index is 1.26. The summed E-state index contributed by atoms with van der Waals surface area (Å²) in [6.45, 7) is 2.85.